The minimum absolute atomic E-state index is 0.348. The van der Waals surface area contributed by atoms with Gasteiger partial charge in [-0.05, 0) is 42.9 Å². The first kappa shape index (κ1) is 15.3. The third-order valence-corrected chi connectivity index (χ3v) is 4.23. The molecule has 20 heavy (non-hydrogen) atoms. The molecule has 2 rings (SSSR count). The molecule has 1 aliphatic carbocycles. The zero-order valence-electron chi connectivity index (χ0n) is 12.6. The number of hydrogen-bond acceptors (Lipinski definition) is 3. The van der Waals surface area contributed by atoms with E-state index in [1.165, 1.54) is 24.8 Å². The van der Waals surface area contributed by atoms with Crippen LogP contribution in [0, 0.1) is 5.92 Å². The van der Waals surface area contributed by atoms with Gasteiger partial charge in [0.1, 0.15) is 18.5 Å². The minimum atomic E-state index is -0.451. The Balaban J connectivity index is 1.70. The number of hydrogen-bond donors (Lipinski definition) is 2. The van der Waals surface area contributed by atoms with Crippen LogP contribution in [0.15, 0.2) is 24.3 Å². The zero-order chi connectivity index (χ0) is 14.4. The van der Waals surface area contributed by atoms with Gasteiger partial charge in [0.25, 0.3) is 0 Å². The second kappa shape index (κ2) is 7.65. The van der Waals surface area contributed by atoms with Crippen LogP contribution in [0.5, 0.6) is 5.75 Å². The summed E-state index contributed by atoms with van der Waals surface area (Å²) in [6.45, 7) is 5.37. The molecule has 0 bridgehead atoms. The van der Waals surface area contributed by atoms with Crippen molar-refractivity contribution in [1.29, 1.82) is 0 Å². The van der Waals surface area contributed by atoms with E-state index in [2.05, 4.69) is 25.2 Å². The van der Waals surface area contributed by atoms with Crippen molar-refractivity contribution in [3.8, 4) is 5.75 Å². The van der Waals surface area contributed by atoms with Crippen molar-refractivity contribution in [2.45, 2.75) is 51.7 Å². The summed E-state index contributed by atoms with van der Waals surface area (Å²) in [5.74, 6) is 1.57. The Labute approximate surface area is 122 Å². The highest BCUT2D eigenvalue weighted by Gasteiger charge is 2.23. The smallest absolute Gasteiger partial charge is 0.119 e. The summed E-state index contributed by atoms with van der Waals surface area (Å²) >= 11 is 0. The quantitative estimate of drug-likeness (QED) is 0.805. The lowest BCUT2D eigenvalue weighted by atomic mass is 10.1. The predicted molar refractivity (Wildman–Crippen MR) is 82.1 cm³/mol. The van der Waals surface area contributed by atoms with Crippen LogP contribution in [0.3, 0.4) is 0 Å². The van der Waals surface area contributed by atoms with Gasteiger partial charge in [-0.1, -0.05) is 32.4 Å². The molecule has 1 fully saturated rings. The molecule has 3 nitrogen and oxygen atoms in total. The van der Waals surface area contributed by atoms with Gasteiger partial charge in [-0.25, -0.2) is 0 Å². The molecular formula is C17H27NO2. The molecule has 3 heteroatoms. The SMILES string of the molecule is CCc1cccc(OCC(O)CNC2CCCC2C)c1. The second-order valence-electron chi connectivity index (χ2n) is 5.89. The van der Waals surface area contributed by atoms with Crippen LogP contribution < -0.4 is 10.1 Å². The van der Waals surface area contributed by atoms with Gasteiger partial charge >= 0.3 is 0 Å². The normalized spacial score (nSPS) is 23.8. The molecule has 3 atom stereocenters. The highest BCUT2D eigenvalue weighted by molar-refractivity contribution is 5.28. The van der Waals surface area contributed by atoms with E-state index in [1.807, 2.05) is 18.2 Å². The zero-order valence-corrected chi connectivity index (χ0v) is 12.6. The van der Waals surface area contributed by atoms with Crippen molar-refractivity contribution in [1.82, 2.24) is 5.32 Å². The molecule has 0 heterocycles. The molecule has 112 valence electrons. The van der Waals surface area contributed by atoms with E-state index in [9.17, 15) is 5.11 Å². The summed E-state index contributed by atoms with van der Waals surface area (Å²) in [6.07, 6.45) is 4.38. The number of ether oxygens (including phenoxy) is 1. The summed E-state index contributed by atoms with van der Waals surface area (Å²) in [5, 5.41) is 13.5. The van der Waals surface area contributed by atoms with Crippen molar-refractivity contribution in [3.05, 3.63) is 29.8 Å². The standard InChI is InChI=1S/C17H27NO2/c1-3-14-7-5-8-16(10-14)20-12-15(19)11-18-17-9-4-6-13(17)2/h5,7-8,10,13,15,17-19H,3-4,6,9,11-12H2,1-2H3. The Morgan fingerprint density at radius 1 is 1.40 bits per heavy atom. The van der Waals surface area contributed by atoms with E-state index in [1.54, 1.807) is 0 Å². The predicted octanol–water partition coefficient (Wildman–Crippen LogP) is 2.77. The monoisotopic (exact) mass is 277 g/mol. The molecule has 1 aromatic rings. The van der Waals surface area contributed by atoms with Gasteiger partial charge in [0.15, 0.2) is 0 Å². The summed E-state index contributed by atoms with van der Waals surface area (Å²) < 4.78 is 5.66. The summed E-state index contributed by atoms with van der Waals surface area (Å²) in [7, 11) is 0. The molecule has 0 aliphatic heterocycles. The molecule has 1 aromatic carbocycles. The number of aryl methyl sites for hydroxylation is 1. The fraction of sp³-hybridized carbons (Fsp3) is 0.647. The maximum absolute atomic E-state index is 10.00. The van der Waals surface area contributed by atoms with Crippen LogP contribution in [-0.4, -0.2) is 30.4 Å². The fourth-order valence-electron chi connectivity index (χ4n) is 2.84. The summed E-state index contributed by atoms with van der Waals surface area (Å²) in [5.41, 5.74) is 1.26. The number of aliphatic hydroxyl groups is 1. The van der Waals surface area contributed by atoms with E-state index in [-0.39, 0.29) is 0 Å². The largest absolute Gasteiger partial charge is 0.491 e. The van der Waals surface area contributed by atoms with Crippen molar-refractivity contribution in [3.63, 3.8) is 0 Å². The van der Waals surface area contributed by atoms with Crippen LogP contribution in [0.25, 0.3) is 0 Å². The van der Waals surface area contributed by atoms with Crippen molar-refractivity contribution in [2.24, 2.45) is 5.92 Å². The Bertz CT molecular complexity index is 408. The molecule has 0 amide bonds. The molecule has 0 aromatic heterocycles. The molecular weight excluding hydrogens is 250 g/mol. The molecule has 1 saturated carbocycles. The Morgan fingerprint density at radius 3 is 2.95 bits per heavy atom. The molecule has 0 radical (unpaired) electrons. The molecule has 0 saturated heterocycles. The highest BCUT2D eigenvalue weighted by Crippen LogP contribution is 2.24. The van der Waals surface area contributed by atoms with Crippen molar-refractivity contribution in [2.75, 3.05) is 13.2 Å². The lowest BCUT2D eigenvalue weighted by Crippen LogP contribution is -2.39. The third-order valence-electron chi connectivity index (χ3n) is 4.23. The molecule has 2 N–H and O–H groups in total. The lowest BCUT2D eigenvalue weighted by molar-refractivity contribution is 0.102. The van der Waals surface area contributed by atoms with Gasteiger partial charge in [0.2, 0.25) is 0 Å². The number of rotatable bonds is 7. The molecule has 0 spiro atoms. The number of benzene rings is 1. The van der Waals surface area contributed by atoms with Gasteiger partial charge < -0.3 is 15.2 Å². The summed E-state index contributed by atoms with van der Waals surface area (Å²) in [4.78, 5) is 0. The fourth-order valence-corrected chi connectivity index (χ4v) is 2.84. The Hall–Kier alpha value is -1.06. The number of nitrogens with one attached hydrogen (secondary N) is 1. The average Bonchev–Trinajstić information content (AvgIpc) is 2.88. The van der Waals surface area contributed by atoms with E-state index in [0.29, 0.717) is 19.2 Å². The van der Waals surface area contributed by atoms with Crippen LogP contribution in [0.4, 0.5) is 0 Å². The number of aliphatic hydroxyl groups excluding tert-OH is 1. The maximum Gasteiger partial charge on any atom is 0.119 e. The van der Waals surface area contributed by atoms with Crippen molar-refractivity contribution >= 4 is 0 Å². The van der Waals surface area contributed by atoms with Gasteiger partial charge in [-0.2, -0.15) is 0 Å². The van der Waals surface area contributed by atoms with Crippen molar-refractivity contribution < 1.29 is 9.84 Å². The third kappa shape index (κ3) is 4.50. The first-order valence-corrected chi connectivity index (χ1v) is 7.82. The van der Waals surface area contributed by atoms with E-state index >= 15 is 0 Å². The van der Waals surface area contributed by atoms with Crippen LogP contribution in [-0.2, 0) is 6.42 Å². The summed E-state index contributed by atoms with van der Waals surface area (Å²) in [6, 6.07) is 8.64. The van der Waals surface area contributed by atoms with Gasteiger partial charge in [-0.15, -0.1) is 0 Å². The lowest BCUT2D eigenvalue weighted by Gasteiger charge is -2.20. The van der Waals surface area contributed by atoms with Gasteiger partial charge in [0.05, 0.1) is 0 Å². The minimum Gasteiger partial charge on any atom is -0.491 e. The molecule has 1 aliphatic rings. The highest BCUT2D eigenvalue weighted by atomic mass is 16.5. The molecule has 3 unspecified atom stereocenters. The van der Waals surface area contributed by atoms with Crippen LogP contribution in [0.2, 0.25) is 0 Å². The van der Waals surface area contributed by atoms with Crippen LogP contribution >= 0.6 is 0 Å². The topological polar surface area (TPSA) is 41.5 Å². The Morgan fingerprint density at radius 2 is 2.25 bits per heavy atom. The average molecular weight is 277 g/mol. The second-order valence-corrected chi connectivity index (χ2v) is 5.89. The van der Waals surface area contributed by atoms with Gasteiger partial charge in [0, 0.05) is 12.6 Å². The Kier molecular flexibility index (Phi) is 5.86. The van der Waals surface area contributed by atoms with E-state index < -0.39 is 6.10 Å². The van der Waals surface area contributed by atoms with Crippen LogP contribution in [0.1, 0.15) is 38.7 Å². The van der Waals surface area contributed by atoms with E-state index in [0.717, 1.165) is 18.1 Å². The van der Waals surface area contributed by atoms with Gasteiger partial charge in [-0.3, -0.25) is 0 Å². The first-order valence-electron chi connectivity index (χ1n) is 7.82. The van der Waals surface area contributed by atoms with E-state index in [4.69, 9.17) is 4.74 Å². The first-order chi connectivity index (χ1) is 9.69. The maximum atomic E-state index is 10.00.